The number of hydrogen-bond acceptors (Lipinski definition) is 6. The second kappa shape index (κ2) is 5.86. The minimum Gasteiger partial charge on any atom is -0.378 e. The van der Waals surface area contributed by atoms with Crippen molar-refractivity contribution in [1.29, 1.82) is 0 Å². The van der Waals surface area contributed by atoms with Gasteiger partial charge in [0.15, 0.2) is 0 Å². The topological polar surface area (TPSA) is 75.6 Å². The SMILES string of the molecule is CCCS(=O)(=O)N1Cc2cnc(N3CCOCC3)nc2C1. The predicted octanol–water partition coefficient (Wildman–Crippen LogP) is 0.369. The van der Waals surface area contributed by atoms with Crippen LogP contribution in [0.4, 0.5) is 5.95 Å². The van der Waals surface area contributed by atoms with Gasteiger partial charge in [-0.25, -0.2) is 18.4 Å². The molecule has 2 aliphatic heterocycles. The second-order valence-electron chi connectivity index (χ2n) is 5.33. The molecule has 0 radical (unpaired) electrons. The molecular formula is C13H20N4O3S. The van der Waals surface area contributed by atoms with Crippen molar-refractivity contribution >= 4 is 16.0 Å². The number of anilines is 1. The molecule has 0 aliphatic carbocycles. The first-order valence-corrected chi connectivity index (χ1v) is 8.86. The van der Waals surface area contributed by atoms with Gasteiger partial charge in [0.05, 0.1) is 31.2 Å². The fourth-order valence-electron chi connectivity index (χ4n) is 2.61. The van der Waals surface area contributed by atoms with Gasteiger partial charge in [0.1, 0.15) is 0 Å². The van der Waals surface area contributed by atoms with Crippen LogP contribution in [0.5, 0.6) is 0 Å². The summed E-state index contributed by atoms with van der Waals surface area (Å²) in [6.07, 6.45) is 2.38. The average Bonchev–Trinajstić information content (AvgIpc) is 2.92. The highest BCUT2D eigenvalue weighted by Gasteiger charge is 2.30. The number of rotatable bonds is 4. The molecular weight excluding hydrogens is 292 g/mol. The van der Waals surface area contributed by atoms with Crippen molar-refractivity contribution in [3.05, 3.63) is 17.5 Å². The summed E-state index contributed by atoms with van der Waals surface area (Å²) in [6, 6.07) is 0. The van der Waals surface area contributed by atoms with Gasteiger partial charge in [-0.3, -0.25) is 0 Å². The first-order chi connectivity index (χ1) is 10.1. The van der Waals surface area contributed by atoms with Crippen molar-refractivity contribution < 1.29 is 13.2 Å². The summed E-state index contributed by atoms with van der Waals surface area (Å²) in [7, 11) is -3.18. The van der Waals surface area contributed by atoms with E-state index >= 15 is 0 Å². The van der Waals surface area contributed by atoms with E-state index in [1.165, 1.54) is 4.31 Å². The molecule has 0 saturated carbocycles. The van der Waals surface area contributed by atoms with Crippen molar-refractivity contribution in [3.8, 4) is 0 Å². The molecule has 7 nitrogen and oxygen atoms in total. The maximum absolute atomic E-state index is 12.1. The van der Waals surface area contributed by atoms with Crippen molar-refractivity contribution in [2.75, 3.05) is 37.0 Å². The van der Waals surface area contributed by atoms with Crippen molar-refractivity contribution in [2.45, 2.75) is 26.4 Å². The third kappa shape index (κ3) is 3.02. The number of hydrogen-bond donors (Lipinski definition) is 0. The fourth-order valence-corrected chi connectivity index (χ4v) is 4.04. The third-order valence-corrected chi connectivity index (χ3v) is 5.73. The smallest absolute Gasteiger partial charge is 0.225 e. The van der Waals surface area contributed by atoms with Crippen LogP contribution >= 0.6 is 0 Å². The van der Waals surface area contributed by atoms with Gasteiger partial charge in [0, 0.05) is 31.4 Å². The van der Waals surface area contributed by atoms with Gasteiger partial charge in [0.2, 0.25) is 16.0 Å². The van der Waals surface area contributed by atoms with E-state index in [1.54, 1.807) is 6.20 Å². The maximum Gasteiger partial charge on any atom is 0.225 e. The first kappa shape index (κ1) is 14.7. The van der Waals surface area contributed by atoms with E-state index in [2.05, 4.69) is 14.9 Å². The molecule has 0 unspecified atom stereocenters. The Morgan fingerprint density at radius 3 is 2.76 bits per heavy atom. The van der Waals surface area contributed by atoms with Crippen LogP contribution in [-0.4, -0.2) is 54.7 Å². The molecule has 0 aromatic carbocycles. The van der Waals surface area contributed by atoms with Crippen molar-refractivity contribution in [1.82, 2.24) is 14.3 Å². The van der Waals surface area contributed by atoms with Crippen LogP contribution in [0.2, 0.25) is 0 Å². The van der Waals surface area contributed by atoms with E-state index in [9.17, 15) is 8.42 Å². The lowest BCUT2D eigenvalue weighted by Crippen LogP contribution is -2.37. The molecule has 0 bridgehead atoms. The van der Waals surface area contributed by atoms with Crippen LogP contribution in [0.15, 0.2) is 6.20 Å². The van der Waals surface area contributed by atoms with E-state index in [-0.39, 0.29) is 5.75 Å². The minimum absolute atomic E-state index is 0.185. The Morgan fingerprint density at radius 2 is 2.05 bits per heavy atom. The zero-order valence-electron chi connectivity index (χ0n) is 12.2. The van der Waals surface area contributed by atoms with E-state index in [0.717, 1.165) is 24.3 Å². The number of aromatic nitrogens is 2. The van der Waals surface area contributed by atoms with Crippen LogP contribution in [-0.2, 0) is 27.8 Å². The second-order valence-corrected chi connectivity index (χ2v) is 7.41. The zero-order chi connectivity index (χ0) is 14.9. The molecule has 0 N–H and O–H groups in total. The monoisotopic (exact) mass is 312 g/mol. The molecule has 1 saturated heterocycles. The van der Waals surface area contributed by atoms with Gasteiger partial charge in [0.25, 0.3) is 0 Å². The molecule has 1 fully saturated rings. The maximum atomic E-state index is 12.1. The summed E-state index contributed by atoms with van der Waals surface area (Å²) in [5.41, 5.74) is 1.73. The van der Waals surface area contributed by atoms with E-state index in [0.29, 0.717) is 38.7 Å². The fraction of sp³-hybridized carbons (Fsp3) is 0.692. The largest absolute Gasteiger partial charge is 0.378 e. The highest BCUT2D eigenvalue weighted by atomic mass is 32.2. The molecule has 8 heteroatoms. The molecule has 1 aromatic heterocycles. The Bertz CT molecular complexity index is 614. The van der Waals surface area contributed by atoms with Crippen molar-refractivity contribution in [3.63, 3.8) is 0 Å². The molecule has 116 valence electrons. The van der Waals surface area contributed by atoms with Gasteiger partial charge in [-0.15, -0.1) is 0 Å². The molecule has 0 atom stereocenters. The van der Waals surface area contributed by atoms with E-state index in [4.69, 9.17) is 4.74 Å². The summed E-state index contributed by atoms with van der Waals surface area (Å²) in [5.74, 6) is 0.858. The summed E-state index contributed by atoms with van der Waals surface area (Å²) in [6.45, 7) is 5.53. The third-order valence-electron chi connectivity index (χ3n) is 3.76. The van der Waals surface area contributed by atoms with Gasteiger partial charge in [-0.05, 0) is 6.42 Å². The molecule has 3 rings (SSSR count). The van der Waals surface area contributed by atoms with Gasteiger partial charge in [-0.2, -0.15) is 4.31 Å². The number of nitrogens with zero attached hydrogens (tertiary/aromatic N) is 4. The number of ether oxygens (including phenoxy) is 1. The molecule has 3 heterocycles. The summed E-state index contributed by atoms with van der Waals surface area (Å²) >= 11 is 0. The predicted molar refractivity (Wildman–Crippen MR) is 78.4 cm³/mol. The highest BCUT2D eigenvalue weighted by Crippen LogP contribution is 2.25. The molecule has 0 amide bonds. The lowest BCUT2D eigenvalue weighted by Gasteiger charge is -2.26. The minimum atomic E-state index is -3.18. The highest BCUT2D eigenvalue weighted by molar-refractivity contribution is 7.89. The van der Waals surface area contributed by atoms with Gasteiger partial charge < -0.3 is 9.64 Å². The van der Waals surface area contributed by atoms with Crippen molar-refractivity contribution in [2.24, 2.45) is 0 Å². The molecule has 1 aromatic rings. The Balaban J connectivity index is 1.77. The van der Waals surface area contributed by atoms with Crippen LogP contribution in [0.25, 0.3) is 0 Å². The number of fused-ring (bicyclic) bond motifs is 1. The lowest BCUT2D eigenvalue weighted by molar-refractivity contribution is 0.122. The zero-order valence-corrected chi connectivity index (χ0v) is 13.0. The van der Waals surface area contributed by atoms with Gasteiger partial charge >= 0.3 is 0 Å². The average molecular weight is 312 g/mol. The number of morpholine rings is 1. The summed E-state index contributed by atoms with van der Waals surface area (Å²) in [4.78, 5) is 11.0. The van der Waals surface area contributed by atoms with E-state index in [1.807, 2.05) is 6.92 Å². The van der Waals surface area contributed by atoms with Crippen LogP contribution in [0.3, 0.4) is 0 Å². The normalized spacial score (nSPS) is 19.8. The van der Waals surface area contributed by atoms with Crippen LogP contribution in [0, 0.1) is 0 Å². The number of sulfonamides is 1. The molecule has 2 aliphatic rings. The van der Waals surface area contributed by atoms with Gasteiger partial charge in [-0.1, -0.05) is 6.92 Å². The van der Waals surface area contributed by atoms with E-state index < -0.39 is 10.0 Å². The Morgan fingerprint density at radius 1 is 1.29 bits per heavy atom. The Labute approximate surface area is 125 Å². The quantitative estimate of drug-likeness (QED) is 0.799. The first-order valence-electron chi connectivity index (χ1n) is 7.25. The molecule has 0 spiro atoms. The lowest BCUT2D eigenvalue weighted by atomic mass is 10.3. The Hall–Kier alpha value is -1.25. The Kier molecular flexibility index (Phi) is 4.10. The molecule has 21 heavy (non-hydrogen) atoms. The van der Waals surface area contributed by atoms with Crippen LogP contribution in [0.1, 0.15) is 24.6 Å². The standard InChI is InChI=1S/C13H20N4O3S/c1-2-7-21(18,19)17-9-11-8-14-13(15-12(11)10-17)16-3-5-20-6-4-16/h8H,2-7,9-10H2,1H3. The summed E-state index contributed by atoms with van der Waals surface area (Å²) in [5, 5.41) is 0. The van der Waals surface area contributed by atoms with Crippen LogP contribution < -0.4 is 4.90 Å². The summed E-state index contributed by atoms with van der Waals surface area (Å²) < 4.78 is 31.1.